The van der Waals surface area contributed by atoms with Crippen LogP contribution in [0.2, 0.25) is 0 Å². The van der Waals surface area contributed by atoms with Crippen molar-refractivity contribution in [1.29, 1.82) is 0 Å². The van der Waals surface area contributed by atoms with E-state index >= 15 is 0 Å². The molecule has 0 saturated carbocycles. The molecule has 1 aromatic heterocycles. The number of alkyl halides is 3. The first-order valence-corrected chi connectivity index (χ1v) is 10.8. The fraction of sp³-hybridized carbons (Fsp3) is 0.364. The number of methoxy groups -OCH3 is 1. The summed E-state index contributed by atoms with van der Waals surface area (Å²) in [5.74, 6) is -6.26. The van der Waals surface area contributed by atoms with E-state index in [9.17, 15) is 47.0 Å². The molecule has 2 aromatic rings. The number of hydrogen-bond acceptors (Lipinski definition) is 8. The number of aliphatic carboxylic acids is 2. The van der Waals surface area contributed by atoms with Crippen molar-refractivity contribution in [1.82, 2.24) is 20.5 Å². The number of carbonyl (C=O) groups is 5. The minimum Gasteiger partial charge on any atom is -0.493 e. The van der Waals surface area contributed by atoms with Gasteiger partial charge in [0.25, 0.3) is 11.5 Å². The average Bonchev–Trinajstić information content (AvgIpc) is 2.85. The lowest BCUT2D eigenvalue weighted by molar-refractivity contribution is -0.144. The van der Waals surface area contributed by atoms with Gasteiger partial charge in [0.15, 0.2) is 18.1 Å². The van der Waals surface area contributed by atoms with Crippen molar-refractivity contribution in [2.24, 2.45) is 7.05 Å². The summed E-state index contributed by atoms with van der Waals surface area (Å²) in [7, 11) is 2.42. The second kappa shape index (κ2) is 12.6. The molecule has 0 bridgehead atoms. The number of pyridine rings is 1. The number of halogens is 3. The first-order valence-electron chi connectivity index (χ1n) is 10.8. The Morgan fingerprint density at radius 2 is 1.62 bits per heavy atom. The molecule has 2 rings (SSSR count). The molecule has 0 radical (unpaired) electrons. The number of carbonyl (C=O) groups excluding carboxylic acids is 3. The number of nitrogens with zero attached hydrogens (tertiary/aromatic N) is 1. The zero-order chi connectivity index (χ0) is 29.5. The molecule has 3 amide bonds. The highest BCUT2D eigenvalue weighted by molar-refractivity contribution is 5.91. The molecule has 1 aromatic carbocycles. The SMILES string of the molecule is COc1cc2c(cc1OCC(=O)NC(CC(=O)NCC(=O)NCC(=O)O)C(=O)O)c(C(F)(F)F)cc(=O)n2C. The Morgan fingerprint density at radius 1 is 0.974 bits per heavy atom. The monoisotopic (exact) mass is 560 g/mol. The Kier molecular flexibility index (Phi) is 9.83. The molecule has 1 heterocycles. The van der Waals surface area contributed by atoms with Crippen LogP contribution < -0.4 is 31.0 Å². The van der Waals surface area contributed by atoms with Gasteiger partial charge in [-0.1, -0.05) is 0 Å². The summed E-state index contributed by atoms with van der Waals surface area (Å²) in [5, 5.41) is 23.4. The Labute approximate surface area is 216 Å². The molecule has 0 saturated heterocycles. The van der Waals surface area contributed by atoms with Crippen molar-refractivity contribution < 1.29 is 56.8 Å². The van der Waals surface area contributed by atoms with Crippen LogP contribution in [-0.4, -0.2) is 77.3 Å². The molecule has 1 atom stereocenters. The Morgan fingerprint density at radius 3 is 2.18 bits per heavy atom. The van der Waals surface area contributed by atoms with Crippen molar-refractivity contribution in [3.05, 3.63) is 34.1 Å². The van der Waals surface area contributed by atoms with Crippen LogP contribution in [0.25, 0.3) is 10.9 Å². The van der Waals surface area contributed by atoms with Crippen molar-refractivity contribution >= 4 is 40.6 Å². The van der Waals surface area contributed by atoms with Gasteiger partial charge < -0.3 is 40.2 Å². The normalized spacial score (nSPS) is 11.8. The quantitative estimate of drug-likeness (QED) is 0.219. The molecule has 17 heteroatoms. The van der Waals surface area contributed by atoms with E-state index < -0.39 is 84.5 Å². The van der Waals surface area contributed by atoms with Crippen LogP contribution in [-0.2, 0) is 37.2 Å². The lowest BCUT2D eigenvalue weighted by Crippen LogP contribution is -2.47. The van der Waals surface area contributed by atoms with Gasteiger partial charge in [-0.25, -0.2) is 4.79 Å². The van der Waals surface area contributed by atoms with E-state index in [-0.39, 0.29) is 17.0 Å². The summed E-state index contributed by atoms with van der Waals surface area (Å²) in [5.41, 5.74) is -2.29. The number of benzene rings is 1. The van der Waals surface area contributed by atoms with Crippen LogP contribution in [0, 0.1) is 0 Å². The topological polar surface area (TPSA) is 202 Å². The number of carboxylic acid groups (broad SMARTS) is 2. The molecule has 212 valence electrons. The number of nitrogens with one attached hydrogen (secondary N) is 3. The van der Waals surface area contributed by atoms with Gasteiger partial charge in [-0.3, -0.25) is 24.0 Å². The summed E-state index contributed by atoms with van der Waals surface area (Å²) < 4.78 is 51.9. The van der Waals surface area contributed by atoms with Gasteiger partial charge in [-0.05, 0) is 6.07 Å². The number of ether oxygens (including phenoxy) is 2. The molecule has 0 aliphatic heterocycles. The standard InChI is InChI=1S/C22H23F3N4O10/c1-29-13-6-14(38-2)15(3-10(13)11(4-19(29)33)22(23,24)25)39-9-18(32)28-12(21(36)37)5-16(30)26-7-17(31)27-8-20(34)35/h3-4,6,12H,5,7-9H2,1-2H3,(H,26,30)(H,27,31)(H,28,32)(H,34,35)(H,36,37). The Hall–Kier alpha value is -4.83. The molecule has 0 aliphatic rings. The van der Waals surface area contributed by atoms with Gasteiger partial charge in [0.2, 0.25) is 11.8 Å². The van der Waals surface area contributed by atoms with Crippen molar-refractivity contribution in [2.75, 3.05) is 26.8 Å². The first-order chi connectivity index (χ1) is 18.1. The van der Waals surface area contributed by atoms with Gasteiger partial charge in [-0.2, -0.15) is 13.2 Å². The fourth-order valence-electron chi connectivity index (χ4n) is 3.22. The number of carboxylic acids is 2. The van der Waals surface area contributed by atoms with E-state index in [0.29, 0.717) is 6.07 Å². The van der Waals surface area contributed by atoms with E-state index in [0.717, 1.165) is 16.7 Å². The van der Waals surface area contributed by atoms with Gasteiger partial charge in [0.1, 0.15) is 12.6 Å². The minimum atomic E-state index is -4.89. The molecular weight excluding hydrogens is 537 g/mol. The second-order valence-corrected chi connectivity index (χ2v) is 7.87. The molecular formula is C22H23F3N4O10. The first kappa shape index (κ1) is 30.4. The summed E-state index contributed by atoms with van der Waals surface area (Å²) in [4.78, 5) is 69.5. The molecule has 1 unspecified atom stereocenters. The zero-order valence-corrected chi connectivity index (χ0v) is 20.4. The number of rotatable bonds is 12. The molecule has 0 aliphatic carbocycles. The number of aryl methyl sites for hydroxylation is 1. The molecule has 0 fully saturated rings. The highest BCUT2D eigenvalue weighted by atomic mass is 19.4. The van der Waals surface area contributed by atoms with Crippen molar-refractivity contribution in [2.45, 2.75) is 18.6 Å². The molecule has 39 heavy (non-hydrogen) atoms. The Bertz CT molecular complexity index is 1360. The van der Waals surface area contributed by atoms with Crippen LogP contribution in [0.1, 0.15) is 12.0 Å². The van der Waals surface area contributed by atoms with Crippen LogP contribution in [0.3, 0.4) is 0 Å². The lowest BCUT2D eigenvalue weighted by atomic mass is 10.1. The largest absolute Gasteiger partial charge is 0.493 e. The van der Waals surface area contributed by atoms with E-state index in [4.69, 9.17) is 14.6 Å². The van der Waals surface area contributed by atoms with Crippen molar-refractivity contribution in [3.63, 3.8) is 0 Å². The summed E-state index contributed by atoms with van der Waals surface area (Å²) in [6.45, 7) is -2.24. The van der Waals surface area contributed by atoms with Gasteiger partial charge in [0, 0.05) is 24.6 Å². The van der Waals surface area contributed by atoms with E-state index in [1.807, 2.05) is 10.6 Å². The van der Waals surface area contributed by atoms with Gasteiger partial charge in [0.05, 0.1) is 31.2 Å². The Balaban J connectivity index is 2.12. The van der Waals surface area contributed by atoms with Gasteiger partial charge >= 0.3 is 18.1 Å². The molecule has 14 nitrogen and oxygen atoms in total. The maximum absolute atomic E-state index is 13.5. The van der Waals surface area contributed by atoms with Crippen LogP contribution in [0.4, 0.5) is 13.2 Å². The van der Waals surface area contributed by atoms with E-state index in [1.165, 1.54) is 14.2 Å². The van der Waals surface area contributed by atoms with Crippen LogP contribution in [0.15, 0.2) is 23.0 Å². The lowest BCUT2D eigenvalue weighted by Gasteiger charge is -2.18. The third-order valence-corrected chi connectivity index (χ3v) is 5.10. The average molecular weight is 560 g/mol. The third-order valence-electron chi connectivity index (χ3n) is 5.10. The highest BCUT2D eigenvalue weighted by Gasteiger charge is 2.34. The second-order valence-electron chi connectivity index (χ2n) is 7.87. The molecule has 5 N–H and O–H groups in total. The maximum atomic E-state index is 13.5. The summed E-state index contributed by atoms with van der Waals surface area (Å²) in [6.07, 6.45) is -5.70. The van der Waals surface area contributed by atoms with Gasteiger partial charge in [-0.15, -0.1) is 0 Å². The minimum absolute atomic E-state index is 0.125. The summed E-state index contributed by atoms with van der Waals surface area (Å²) >= 11 is 0. The fourth-order valence-corrected chi connectivity index (χ4v) is 3.22. The number of aromatic nitrogens is 1. The zero-order valence-electron chi connectivity index (χ0n) is 20.4. The van der Waals surface area contributed by atoms with Crippen LogP contribution >= 0.6 is 0 Å². The van der Waals surface area contributed by atoms with E-state index in [1.54, 1.807) is 0 Å². The maximum Gasteiger partial charge on any atom is 0.417 e. The predicted molar refractivity (Wildman–Crippen MR) is 124 cm³/mol. The number of hydrogen-bond donors (Lipinski definition) is 5. The predicted octanol–water partition coefficient (Wildman–Crippen LogP) is -0.779. The number of amides is 3. The third kappa shape index (κ3) is 8.34. The van der Waals surface area contributed by atoms with Crippen molar-refractivity contribution in [3.8, 4) is 11.5 Å². The highest BCUT2D eigenvalue weighted by Crippen LogP contribution is 2.38. The van der Waals surface area contributed by atoms with E-state index in [2.05, 4.69) is 5.32 Å². The molecule has 0 spiro atoms. The number of fused-ring (bicyclic) bond motifs is 1. The van der Waals surface area contributed by atoms with Crippen LogP contribution in [0.5, 0.6) is 11.5 Å². The smallest absolute Gasteiger partial charge is 0.417 e. The summed E-state index contributed by atoms with van der Waals surface area (Å²) in [6, 6.07) is 0.661.